The van der Waals surface area contributed by atoms with Gasteiger partial charge in [-0.15, -0.1) is 12.4 Å². The lowest BCUT2D eigenvalue weighted by Gasteiger charge is -2.22. The molecular weight excluding hydrogens is 525 g/mol. The predicted octanol–water partition coefficient (Wildman–Crippen LogP) is 3.94. The van der Waals surface area contributed by atoms with Crippen LogP contribution in [0.2, 0.25) is 0 Å². The molecule has 2 aromatic heterocycles. The van der Waals surface area contributed by atoms with Crippen molar-refractivity contribution in [2.45, 2.75) is 25.0 Å². The molecule has 2 aromatic carbocycles. The van der Waals surface area contributed by atoms with Crippen molar-refractivity contribution in [3.63, 3.8) is 0 Å². The summed E-state index contributed by atoms with van der Waals surface area (Å²) in [5.74, 6) is -2.10. The fourth-order valence-corrected chi connectivity index (χ4v) is 4.23. The van der Waals surface area contributed by atoms with Gasteiger partial charge in [-0.05, 0) is 50.2 Å². The van der Waals surface area contributed by atoms with Crippen LogP contribution < -0.4 is 16.4 Å². The number of rotatable bonds is 7. The summed E-state index contributed by atoms with van der Waals surface area (Å²) in [7, 11) is 0. The van der Waals surface area contributed by atoms with Crippen molar-refractivity contribution < 1.29 is 18.7 Å². The Morgan fingerprint density at radius 3 is 2.51 bits per heavy atom. The van der Waals surface area contributed by atoms with E-state index in [4.69, 9.17) is 10.5 Å². The number of anilines is 2. The minimum Gasteiger partial charge on any atom is -0.442 e. The lowest BCUT2D eigenvalue weighted by molar-refractivity contribution is -0.125. The number of ether oxygens (including phenoxy) is 1. The molecule has 5 rings (SSSR count). The summed E-state index contributed by atoms with van der Waals surface area (Å²) in [5.41, 5.74) is 7.63. The number of aromatic nitrogens is 4. The number of carbonyl (C=O) groups excluding carboxylic acids is 2. The first-order valence-corrected chi connectivity index (χ1v) is 12.2. The van der Waals surface area contributed by atoms with E-state index >= 15 is 0 Å². The molecule has 202 valence electrons. The highest BCUT2D eigenvalue weighted by Gasteiger charge is 2.28. The van der Waals surface area contributed by atoms with Crippen LogP contribution in [0.4, 0.5) is 15.9 Å². The van der Waals surface area contributed by atoms with Crippen molar-refractivity contribution in [2.75, 3.05) is 24.1 Å². The lowest BCUT2D eigenvalue weighted by atomic mass is 10.1. The molecule has 0 spiro atoms. The molecule has 1 amide bonds. The predicted molar refractivity (Wildman–Crippen MR) is 146 cm³/mol. The Morgan fingerprint density at radius 2 is 1.79 bits per heavy atom. The van der Waals surface area contributed by atoms with E-state index in [9.17, 15) is 14.0 Å². The van der Waals surface area contributed by atoms with Crippen LogP contribution in [0.3, 0.4) is 0 Å². The number of hydrogen-bond acceptors (Lipinski definition) is 8. The van der Waals surface area contributed by atoms with E-state index in [-0.39, 0.29) is 30.0 Å². The molecule has 3 heterocycles. The number of halogens is 2. The summed E-state index contributed by atoms with van der Waals surface area (Å²) in [6.45, 7) is 1.85. The molecule has 1 atom stereocenters. The van der Waals surface area contributed by atoms with Gasteiger partial charge in [0.1, 0.15) is 5.82 Å². The van der Waals surface area contributed by atoms with E-state index in [0.29, 0.717) is 22.5 Å². The fraction of sp³-hybridized carbons (Fsp3) is 0.222. The number of piperidine rings is 1. The summed E-state index contributed by atoms with van der Waals surface area (Å²) >= 11 is 0. The van der Waals surface area contributed by atoms with Crippen LogP contribution in [0, 0.1) is 5.82 Å². The largest absolute Gasteiger partial charge is 0.442 e. The summed E-state index contributed by atoms with van der Waals surface area (Å²) in [5, 5.41) is 10.4. The van der Waals surface area contributed by atoms with Gasteiger partial charge in [-0.25, -0.2) is 19.2 Å². The summed E-state index contributed by atoms with van der Waals surface area (Å²) < 4.78 is 20.8. The molecule has 0 saturated carbocycles. The molecule has 4 N–H and O–H groups in total. The molecule has 0 aliphatic carbocycles. The zero-order valence-corrected chi connectivity index (χ0v) is 21.6. The Labute approximate surface area is 230 Å². The molecule has 0 bridgehead atoms. The molecule has 1 aliphatic rings. The second-order valence-electron chi connectivity index (χ2n) is 8.87. The van der Waals surface area contributed by atoms with Gasteiger partial charge in [-0.3, -0.25) is 9.48 Å². The third-order valence-corrected chi connectivity index (χ3v) is 6.25. The van der Waals surface area contributed by atoms with Gasteiger partial charge in [0.25, 0.3) is 5.91 Å². The Balaban J connectivity index is 0.00000353. The standard InChI is InChI=1S/C27H26FN7O3.ClH/c28-19-6-8-20(9-7-19)33-26(36)24(17-4-2-1-3-5-17)38-27(37)23-25(29)31-15-22(34-23)18-14-32-35(16-18)21-10-12-30-13-11-21;/h1-9,14-16,21,24,30H,10-13H2,(H2,29,31)(H,33,36);1H/t24-;/m1./s1. The van der Waals surface area contributed by atoms with E-state index in [1.807, 2.05) is 10.9 Å². The van der Waals surface area contributed by atoms with E-state index in [2.05, 4.69) is 25.7 Å². The Bertz CT molecular complexity index is 1430. The van der Waals surface area contributed by atoms with Crippen molar-refractivity contribution in [3.8, 4) is 11.3 Å². The topological polar surface area (TPSA) is 137 Å². The zero-order valence-electron chi connectivity index (χ0n) is 20.8. The van der Waals surface area contributed by atoms with Gasteiger partial charge in [-0.2, -0.15) is 5.10 Å². The number of hydrogen-bond donors (Lipinski definition) is 3. The van der Waals surface area contributed by atoms with Crippen molar-refractivity contribution in [1.82, 2.24) is 25.1 Å². The zero-order chi connectivity index (χ0) is 26.5. The first kappa shape index (κ1) is 27.7. The molecule has 0 radical (unpaired) electrons. The molecule has 0 unspecified atom stereocenters. The number of nitrogens with one attached hydrogen (secondary N) is 2. The average molecular weight is 552 g/mol. The van der Waals surface area contributed by atoms with Gasteiger partial charge in [0.05, 0.1) is 24.1 Å². The van der Waals surface area contributed by atoms with E-state index in [1.54, 1.807) is 36.5 Å². The van der Waals surface area contributed by atoms with Crippen LogP contribution in [-0.4, -0.2) is 44.7 Å². The van der Waals surface area contributed by atoms with Crippen LogP contribution in [0.1, 0.15) is 41.0 Å². The Morgan fingerprint density at radius 1 is 1.08 bits per heavy atom. The van der Waals surface area contributed by atoms with Crippen molar-refractivity contribution in [3.05, 3.63) is 90.3 Å². The highest BCUT2D eigenvalue weighted by atomic mass is 35.5. The average Bonchev–Trinajstić information content (AvgIpc) is 3.44. The van der Waals surface area contributed by atoms with Crippen molar-refractivity contribution in [1.29, 1.82) is 0 Å². The molecule has 10 nitrogen and oxygen atoms in total. The van der Waals surface area contributed by atoms with Crippen LogP contribution in [0.15, 0.2) is 73.2 Å². The maximum absolute atomic E-state index is 13.3. The minimum atomic E-state index is -1.32. The molecule has 1 aliphatic heterocycles. The monoisotopic (exact) mass is 551 g/mol. The van der Waals surface area contributed by atoms with Crippen LogP contribution in [0.5, 0.6) is 0 Å². The minimum absolute atomic E-state index is 0. The summed E-state index contributed by atoms with van der Waals surface area (Å²) in [6.07, 6.45) is 5.61. The van der Waals surface area contributed by atoms with Crippen LogP contribution in [-0.2, 0) is 9.53 Å². The molecule has 39 heavy (non-hydrogen) atoms. The Hall–Kier alpha value is -4.35. The van der Waals surface area contributed by atoms with Gasteiger partial charge in [-0.1, -0.05) is 30.3 Å². The van der Waals surface area contributed by atoms with Gasteiger partial charge in [0, 0.05) is 23.0 Å². The summed E-state index contributed by atoms with van der Waals surface area (Å²) in [6, 6.07) is 14.1. The molecule has 1 saturated heterocycles. The quantitative estimate of drug-likeness (QED) is 0.294. The van der Waals surface area contributed by atoms with E-state index in [1.165, 1.54) is 30.5 Å². The smallest absolute Gasteiger partial charge is 0.361 e. The number of esters is 1. The second kappa shape index (κ2) is 12.5. The molecular formula is C27H27ClFN7O3. The number of nitrogen functional groups attached to an aromatic ring is 1. The number of carbonyl (C=O) groups is 2. The normalized spacial score (nSPS) is 14.2. The SMILES string of the molecule is Cl.Nc1ncc(-c2cnn(C3CCNCC3)c2)nc1C(=O)O[C@@H](C(=O)Nc1ccc(F)cc1)c1ccccc1. The van der Waals surface area contributed by atoms with Gasteiger partial charge in [0.15, 0.2) is 11.5 Å². The number of nitrogens with two attached hydrogens (primary N) is 1. The van der Waals surface area contributed by atoms with Crippen molar-refractivity contribution in [2.24, 2.45) is 0 Å². The van der Waals surface area contributed by atoms with E-state index < -0.39 is 23.8 Å². The summed E-state index contributed by atoms with van der Waals surface area (Å²) in [4.78, 5) is 34.9. The second-order valence-corrected chi connectivity index (χ2v) is 8.87. The highest BCUT2D eigenvalue weighted by Crippen LogP contribution is 2.25. The third-order valence-electron chi connectivity index (χ3n) is 6.25. The lowest BCUT2D eigenvalue weighted by Crippen LogP contribution is -2.29. The molecule has 12 heteroatoms. The first-order chi connectivity index (χ1) is 18.5. The van der Waals surface area contributed by atoms with Gasteiger partial charge < -0.3 is 21.1 Å². The van der Waals surface area contributed by atoms with E-state index in [0.717, 1.165) is 25.9 Å². The highest BCUT2D eigenvalue weighted by molar-refractivity contribution is 5.99. The van der Waals surface area contributed by atoms with Crippen molar-refractivity contribution >= 4 is 35.8 Å². The first-order valence-electron chi connectivity index (χ1n) is 12.2. The van der Waals surface area contributed by atoms with Crippen LogP contribution in [0.25, 0.3) is 11.3 Å². The van der Waals surface area contributed by atoms with Crippen LogP contribution >= 0.6 is 12.4 Å². The Kier molecular flexibility index (Phi) is 8.84. The molecule has 1 fully saturated rings. The maximum Gasteiger partial charge on any atom is 0.361 e. The molecule has 4 aromatic rings. The number of amides is 1. The third kappa shape index (κ3) is 6.57. The number of nitrogens with zero attached hydrogens (tertiary/aromatic N) is 4. The van der Waals surface area contributed by atoms with Gasteiger partial charge in [0.2, 0.25) is 6.10 Å². The maximum atomic E-state index is 13.3. The van der Waals surface area contributed by atoms with Gasteiger partial charge >= 0.3 is 5.97 Å². The number of benzene rings is 2. The fourth-order valence-electron chi connectivity index (χ4n) is 4.23.